The molecule has 0 amide bonds. The summed E-state index contributed by atoms with van der Waals surface area (Å²) in [6.45, 7) is 0.834. The smallest absolute Gasteiger partial charge is 0.122 e. The maximum atomic E-state index is 5.33. The summed E-state index contributed by atoms with van der Waals surface area (Å²) in [6.07, 6.45) is 3.46. The summed E-state index contributed by atoms with van der Waals surface area (Å²) in [5, 5.41) is 3.67. The van der Waals surface area contributed by atoms with Crippen LogP contribution in [0.3, 0.4) is 0 Å². The topological polar surface area (TPSA) is 30.5 Å². The minimum Gasteiger partial charge on any atom is -0.497 e. The molecule has 0 unspecified atom stereocenters. The Labute approximate surface area is 132 Å². The predicted molar refractivity (Wildman–Crippen MR) is 88.6 cm³/mol. The summed E-state index contributed by atoms with van der Waals surface area (Å²) in [5.41, 5.74) is 4.17. The van der Waals surface area contributed by atoms with Crippen LogP contribution >= 0.6 is 0 Å². The molecule has 0 saturated heterocycles. The fourth-order valence-electron chi connectivity index (χ4n) is 3.10. The number of hydrogen-bond donors (Lipinski definition) is 1. The molecule has 0 fully saturated rings. The van der Waals surface area contributed by atoms with Crippen LogP contribution in [0, 0.1) is 0 Å². The molecule has 0 radical (unpaired) electrons. The minimum absolute atomic E-state index is 0.534. The summed E-state index contributed by atoms with van der Waals surface area (Å²) in [4.78, 5) is 0. The van der Waals surface area contributed by atoms with Gasteiger partial charge in [0.25, 0.3) is 0 Å². The highest BCUT2D eigenvalue weighted by Crippen LogP contribution is 2.24. The van der Waals surface area contributed by atoms with Gasteiger partial charge in [-0.05, 0) is 48.1 Å². The lowest BCUT2D eigenvalue weighted by Gasteiger charge is -2.25. The number of nitrogens with one attached hydrogen (secondary N) is 1. The van der Waals surface area contributed by atoms with Crippen LogP contribution in [0.15, 0.2) is 42.5 Å². The van der Waals surface area contributed by atoms with E-state index < -0.39 is 0 Å². The summed E-state index contributed by atoms with van der Waals surface area (Å²) in [6, 6.07) is 15.3. The van der Waals surface area contributed by atoms with E-state index in [0.29, 0.717) is 6.04 Å². The van der Waals surface area contributed by atoms with Gasteiger partial charge in [0, 0.05) is 18.7 Å². The van der Waals surface area contributed by atoms with Crippen LogP contribution in [0.4, 0.5) is 0 Å². The summed E-state index contributed by atoms with van der Waals surface area (Å²) < 4.78 is 10.7. The third-order valence-corrected chi connectivity index (χ3v) is 4.35. The molecule has 0 aliphatic heterocycles. The lowest BCUT2D eigenvalue weighted by Crippen LogP contribution is -2.34. The van der Waals surface area contributed by atoms with Gasteiger partial charge in [-0.2, -0.15) is 0 Å². The molecule has 0 aromatic heterocycles. The molecular formula is C19H23NO2. The molecule has 2 aromatic rings. The normalized spacial score (nSPS) is 16.9. The molecule has 3 rings (SSSR count). The lowest BCUT2D eigenvalue weighted by molar-refractivity contribution is 0.392. The van der Waals surface area contributed by atoms with E-state index in [1.165, 1.54) is 23.1 Å². The van der Waals surface area contributed by atoms with Crippen LogP contribution in [0.1, 0.15) is 23.1 Å². The van der Waals surface area contributed by atoms with Gasteiger partial charge in [0.05, 0.1) is 14.2 Å². The molecule has 3 nitrogen and oxygen atoms in total. The van der Waals surface area contributed by atoms with Crippen LogP contribution in [0.5, 0.6) is 11.5 Å². The Hall–Kier alpha value is -2.00. The van der Waals surface area contributed by atoms with E-state index in [-0.39, 0.29) is 0 Å². The average Bonchev–Trinajstić information content (AvgIpc) is 2.59. The van der Waals surface area contributed by atoms with Crippen LogP contribution in [0.25, 0.3) is 0 Å². The van der Waals surface area contributed by atoms with E-state index in [1.807, 2.05) is 6.07 Å². The molecule has 1 aliphatic carbocycles. The van der Waals surface area contributed by atoms with E-state index in [2.05, 4.69) is 41.7 Å². The van der Waals surface area contributed by atoms with Crippen LogP contribution in [-0.2, 0) is 19.4 Å². The SMILES string of the molecule is COc1cc(CN[C@H]2CCc3ccccc3C2)cc(OC)c1. The molecule has 0 spiro atoms. The van der Waals surface area contributed by atoms with E-state index in [1.54, 1.807) is 14.2 Å². The molecule has 0 saturated carbocycles. The number of ether oxygens (including phenoxy) is 2. The summed E-state index contributed by atoms with van der Waals surface area (Å²) in [7, 11) is 3.37. The Balaban J connectivity index is 1.64. The molecule has 1 N–H and O–H groups in total. The van der Waals surface area contributed by atoms with Crippen molar-refractivity contribution in [2.45, 2.75) is 31.8 Å². The van der Waals surface area contributed by atoms with Gasteiger partial charge < -0.3 is 14.8 Å². The van der Waals surface area contributed by atoms with Crippen molar-refractivity contribution in [3.63, 3.8) is 0 Å². The summed E-state index contributed by atoms with van der Waals surface area (Å²) in [5.74, 6) is 1.68. The second-order valence-electron chi connectivity index (χ2n) is 5.81. The standard InChI is InChI=1S/C19H23NO2/c1-21-18-9-14(10-19(12-18)22-2)13-20-17-8-7-15-5-3-4-6-16(15)11-17/h3-6,9-10,12,17,20H,7-8,11,13H2,1-2H3/t17-/m0/s1. The number of methoxy groups -OCH3 is 2. The quantitative estimate of drug-likeness (QED) is 0.918. The Bertz CT molecular complexity index is 617. The monoisotopic (exact) mass is 297 g/mol. The molecule has 0 bridgehead atoms. The third kappa shape index (κ3) is 3.42. The van der Waals surface area contributed by atoms with Crippen molar-refractivity contribution >= 4 is 0 Å². The highest BCUT2D eigenvalue weighted by atomic mass is 16.5. The van der Waals surface area contributed by atoms with E-state index in [0.717, 1.165) is 30.9 Å². The Morgan fingerprint density at radius 2 is 1.68 bits per heavy atom. The van der Waals surface area contributed by atoms with Gasteiger partial charge in [-0.1, -0.05) is 24.3 Å². The second kappa shape index (κ2) is 6.84. The maximum absolute atomic E-state index is 5.33. The Morgan fingerprint density at radius 1 is 1.00 bits per heavy atom. The first kappa shape index (κ1) is 14.9. The van der Waals surface area contributed by atoms with Crippen molar-refractivity contribution < 1.29 is 9.47 Å². The van der Waals surface area contributed by atoms with Crippen molar-refractivity contribution in [1.29, 1.82) is 0 Å². The first-order valence-corrected chi connectivity index (χ1v) is 7.80. The molecule has 2 aromatic carbocycles. The summed E-state index contributed by atoms with van der Waals surface area (Å²) >= 11 is 0. The van der Waals surface area contributed by atoms with Crippen LogP contribution in [0.2, 0.25) is 0 Å². The zero-order chi connectivity index (χ0) is 15.4. The average molecular weight is 297 g/mol. The highest BCUT2D eigenvalue weighted by molar-refractivity contribution is 5.38. The Kier molecular flexibility index (Phi) is 4.64. The molecule has 1 atom stereocenters. The van der Waals surface area contributed by atoms with Crippen molar-refractivity contribution in [1.82, 2.24) is 5.32 Å². The van der Waals surface area contributed by atoms with E-state index in [4.69, 9.17) is 9.47 Å². The first-order valence-electron chi connectivity index (χ1n) is 7.80. The van der Waals surface area contributed by atoms with Crippen LogP contribution < -0.4 is 14.8 Å². The number of hydrogen-bond acceptors (Lipinski definition) is 3. The largest absolute Gasteiger partial charge is 0.497 e. The van der Waals surface area contributed by atoms with E-state index in [9.17, 15) is 0 Å². The Morgan fingerprint density at radius 3 is 2.36 bits per heavy atom. The number of fused-ring (bicyclic) bond motifs is 1. The predicted octanol–water partition coefficient (Wildman–Crippen LogP) is 3.35. The van der Waals surface area contributed by atoms with Gasteiger partial charge in [0.15, 0.2) is 0 Å². The van der Waals surface area contributed by atoms with E-state index >= 15 is 0 Å². The minimum atomic E-state index is 0.534. The van der Waals surface area contributed by atoms with Gasteiger partial charge >= 0.3 is 0 Å². The molecular weight excluding hydrogens is 274 g/mol. The van der Waals surface area contributed by atoms with Crippen molar-refractivity contribution in [3.8, 4) is 11.5 Å². The molecule has 22 heavy (non-hydrogen) atoms. The van der Waals surface area contributed by atoms with Gasteiger partial charge in [0.1, 0.15) is 11.5 Å². The lowest BCUT2D eigenvalue weighted by atomic mass is 9.88. The fraction of sp³-hybridized carbons (Fsp3) is 0.368. The second-order valence-corrected chi connectivity index (χ2v) is 5.81. The van der Waals surface area contributed by atoms with Gasteiger partial charge in [-0.25, -0.2) is 0 Å². The van der Waals surface area contributed by atoms with Gasteiger partial charge in [0.2, 0.25) is 0 Å². The van der Waals surface area contributed by atoms with Crippen LogP contribution in [-0.4, -0.2) is 20.3 Å². The first-order chi connectivity index (χ1) is 10.8. The van der Waals surface area contributed by atoms with Crippen molar-refractivity contribution in [2.75, 3.05) is 14.2 Å². The van der Waals surface area contributed by atoms with Crippen molar-refractivity contribution in [2.24, 2.45) is 0 Å². The number of aryl methyl sites for hydroxylation is 1. The van der Waals surface area contributed by atoms with Gasteiger partial charge in [-0.15, -0.1) is 0 Å². The third-order valence-electron chi connectivity index (χ3n) is 4.35. The number of rotatable bonds is 5. The zero-order valence-corrected chi connectivity index (χ0v) is 13.3. The number of benzene rings is 2. The van der Waals surface area contributed by atoms with Gasteiger partial charge in [-0.3, -0.25) is 0 Å². The molecule has 116 valence electrons. The fourth-order valence-corrected chi connectivity index (χ4v) is 3.10. The molecule has 0 heterocycles. The highest BCUT2D eigenvalue weighted by Gasteiger charge is 2.17. The molecule has 3 heteroatoms. The maximum Gasteiger partial charge on any atom is 0.122 e. The zero-order valence-electron chi connectivity index (χ0n) is 13.3. The van der Waals surface area contributed by atoms with Crippen molar-refractivity contribution in [3.05, 3.63) is 59.2 Å². The molecule has 1 aliphatic rings.